The molecule has 0 amide bonds. The average molecular weight is 190 g/mol. The van der Waals surface area contributed by atoms with Crippen molar-refractivity contribution in [1.82, 2.24) is 4.98 Å². The maximum absolute atomic E-state index is 10.7. The fourth-order valence-electron chi connectivity index (χ4n) is 1.53. The van der Waals surface area contributed by atoms with Gasteiger partial charge in [0.05, 0.1) is 12.8 Å². The summed E-state index contributed by atoms with van der Waals surface area (Å²) in [5, 5.41) is 0.722. The molecule has 0 unspecified atom stereocenters. The smallest absolute Gasteiger partial charge is 0.152 e. The monoisotopic (exact) mass is 190 g/mol. The van der Waals surface area contributed by atoms with Crippen molar-refractivity contribution in [3.8, 4) is 5.75 Å². The molecule has 0 aliphatic heterocycles. The van der Waals surface area contributed by atoms with Crippen LogP contribution in [0.5, 0.6) is 5.75 Å². The van der Waals surface area contributed by atoms with Gasteiger partial charge in [0.1, 0.15) is 5.75 Å². The first-order chi connectivity index (χ1) is 6.77. The van der Waals surface area contributed by atoms with Crippen LogP contribution in [0.25, 0.3) is 10.9 Å². The Labute approximate surface area is 80.7 Å². The maximum atomic E-state index is 10.7. The van der Waals surface area contributed by atoms with Crippen LogP contribution in [0, 0.1) is 0 Å². The maximum Gasteiger partial charge on any atom is 0.152 e. The predicted molar refractivity (Wildman–Crippen MR) is 54.7 cm³/mol. The van der Waals surface area contributed by atoms with Gasteiger partial charge in [-0.05, 0) is 12.1 Å². The molecule has 0 saturated heterocycles. The topological polar surface area (TPSA) is 68.1 Å². The summed E-state index contributed by atoms with van der Waals surface area (Å²) in [6.07, 6.45) is 2.40. The first-order valence-electron chi connectivity index (χ1n) is 4.16. The molecule has 2 rings (SSSR count). The number of nitrogens with one attached hydrogen (secondary N) is 1. The van der Waals surface area contributed by atoms with Gasteiger partial charge >= 0.3 is 0 Å². The van der Waals surface area contributed by atoms with Crippen LogP contribution < -0.4 is 10.5 Å². The van der Waals surface area contributed by atoms with Crippen molar-refractivity contribution < 1.29 is 9.53 Å². The standard InChI is InChI=1S/C10H10N2O2/c1-14-8-3-2-7-9(10(8)11)6(5-13)4-12-7/h2-5,12H,11H2,1H3. The van der Waals surface area contributed by atoms with E-state index in [-0.39, 0.29) is 0 Å². The zero-order valence-electron chi connectivity index (χ0n) is 7.70. The molecule has 0 aliphatic rings. The van der Waals surface area contributed by atoms with E-state index in [2.05, 4.69) is 4.98 Å². The van der Waals surface area contributed by atoms with E-state index in [1.807, 2.05) is 6.07 Å². The highest BCUT2D eigenvalue weighted by Crippen LogP contribution is 2.31. The van der Waals surface area contributed by atoms with E-state index < -0.39 is 0 Å². The minimum Gasteiger partial charge on any atom is -0.495 e. The number of ether oxygens (including phenoxy) is 1. The summed E-state index contributed by atoms with van der Waals surface area (Å²) in [6.45, 7) is 0. The van der Waals surface area contributed by atoms with Crippen molar-refractivity contribution in [2.75, 3.05) is 12.8 Å². The molecule has 1 aromatic carbocycles. The van der Waals surface area contributed by atoms with Crippen molar-refractivity contribution in [2.24, 2.45) is 0 Å². The molecule has 3 N–H and O–H groups in total. The van der Waals surface area contributed by atoms with Crippen molar-refractivity contribution in [1.29, 1.82) is 0 Å². The number of aromatic amines is 1. The van der Waals surface area contributed by atoms with Crippen molar-refractivity contribution >= 4 is 22.9 Å². The third kappa shape index (κ3) is 1.04. The first kappa shape index (κ1) is 8.62. The van der Waals surface area contributed by atoms with Gasteiger partial charge in [-0.2, -0.15) is 0 Å². The third-order valence-electron chi connectivity index (χ3n) is 2.22. The number of anilines is 1. The minimum atomic E-state index is 0.494. The number of hydrogen-bond donors (Lipinski definition) is 2. The second-order valence-electron chi connectivity index (χ2n) is 2.97. The predicted octanol–water partition coefficient (Wildman–Crippen LogP) is 1.57. The van der Waals surface area contributed by atoms with E-state index in [4.69, 9.17) is 10.5 Å². The first-order valence-corrected chi connectivity index (χ1v) is 4.16. The number of aldehydes is 1. The molecule has 0 aliphatic carbocycles. The molecule has 72 valence electrons. The van der Waals surface area contributed by atoms with Gasteiger partial charge < -0.3 is 15.5 Å². The molecule has 0 saturated carbocycles. The molecule has 14 heavy (non-hydrogen) atoms. The number of carbonyl (C=O) groups is 1. The highest BCUT2D eigenvalue weighted by molar-refractivity contribution is 6.05. The van der Waals surface area contributed by atoms with Gasteiger partial charge in [-0.3, -0.25) is 4.79 Å². The third-order valence-corrected chi connectivity index (χ3v) is 2.22. The van der Waals surface area contributed by atoms with Crippen molar-refractivity contribution in [3.05, 3.63) is 23.9 Å². The quantitative estimate of drug-likeness (QED) is 0.558. The van der Waals surface area contributed by atoms with Gasteiger partial charge in [-0.1, -0.05) is 0 Å². The Balaban J connectivity index is 2.83. The Bertz CT molecular complexity index is 488. The van der Waals surface area contributed by atoms with Crippen LogP contribution in [0.15, 0.2) is 18.3 Å². The van der Waals surface area contributed by atoms with Crippen LogP contribution in [0.2, 0.25) is 0 Å². The molecule has 1 heterocycles. The number of nitrogen functional groups attached to an aromatic ring is 1. The van der Waals surface area contributed by atoms with Gasteiger partial charge in [-0.15, -0.1) is 0 Å². The number of fused-ring (bicyclic) bond motifs is 1. The summed E-state index contributed by atoms with van der Waals surface area (Å²) in [5.74, 6) is 0.584. The lowest BCUT2D eigenvalue weighted by atomic mass is 10.1. The van der Waals surface area contributed by atoms with Gasteiger partial charge in [0, 0.05) is 22.7 Å². The van der Waals surface area contributed by atoms with Gasteiger partial charge in [0.25, 0.3) is 0 Å². The Morgan fingerprint density at radius 3 is 2.93 bits per heavy atom. The SMILES string of the molecule is COc1ccc2[nH]cc(C=O)c2c1N. The van der Waals surface area contributed by atoms with E-state index >= 15 is 0 Å². The summed E-state index contributed by atoms with van der Waals surface area (Å²) >= 11 is 0. The fourth-order valence-corrected chi connectivity index (χ4v) is 1.53. The van der Waals surface area contributed by atoms with Crippen LogP contribution in [0.4, 0.5) is 5.69 Å². The second-order valence-corrected chi connectivity index (χ2v) is 2.97. The molecular weight excluding hydrogens is 180 g/mol. The second kappa shape index (κ2) is 3.06. The van der Waals surface area contributed by atoms with Crippen LogP contribution in [0.3, 0.4) is 0 Å². The molecule has 0 radical (unpaired) electrons. The number of rotatable bonds is 2. The molecule has 0 bridgehead atoms. The number of nitrogens with two attached hydrogens (primary N) is 1. The summed E-state index contributed by atoms with van der Waals surface area (Å²) in [7, 11) is 1.55. The van der Waals surface area contributed by atoms with Crippen molar-refractivity contribution in [2.45, 2.75) is 0 Å². The number of carbonyl (C=O) groups excluding carboxylic acids is 1. The Morgan fingerprint density at radius 2 is 2.29 bits per heavy atom. The van der Waals surface area contributed by atoms with E-state index in [1.165, 1.54) is 0 Å². The number of benzene rings is 1. The van der Waals surface area contributed by atoms with Crippen molar-refractivity contribution in [3.63, 3.8) is 0 Å². The number of methoxy groups -OCH3 is 1. The highest BCUT2D eigenvalue weighted by atomic mass is 16.5. The van der Waals surface area contributed by atoms with E-state index in [0.29, 0.717) is 17.0 Å². The minimum absolute atomic E-state index is 0.494. The summed E-state index contributed by atoms with van der Waals surface area (Å²) in [6, 6.07) is 3.60. The summed E-state index contributed by atoms with van der Waals surface area (Å²) in [4.78, 5) is 13.7. The largest absolute Gasteiger partial charge is 0.495 e. The van der Waals surface area contributed by atoms with Crippen LogP contribution in [-0.4, -0.2) is 18.4 Å². The molecule has 0 spiro atoms. The van der Waals surface area contributed by atoms with Crippen LogP contribution >= 0.6 is 0 Å². The zero-order valence-corrected chi connectivity index (χ0v) is 7.70. The number of hydrogen-bond acceptors (Lipinski definition) is 3. The summed E-state index contributed by atoms with van der Waals surface area (Å²) in [5.41, 5.74) is 7.73. The Morgan fingerprint density at radius 1 is 1.50 bits per heavy atom. The molecule has 0 atom stereocenters. The van der Waals surface area contributed by atoms with E-state index in [1.54, 1.807) is 19.4 Å². The lowest BCUT2D eigenvalue weighted by Gasteiger charge is -2.04. The van der Waals surface area contributed by atoms with Crippen LogP contribution in [-0.2, 0) is 0 Å². The Kier molecular flexibility index (Phi) is 1.89. The van der Waals surface area contributed by atoms with Crippen LogP contribution in [0.1, 0.15) is 10.4 Å². The number of aromatic nitrogens is 1. The average Bonchev–Trinajstić information content (AvgIpc) is 2.62. The fraction of sp³-hybridized carbons (Fsp3) is 0.100. The zero-order chi connectivity index (χ0) is 10.1. The molecular formula is C10H10N2O2. The molecule has 0 fully saturated rings. The van der Waals surface area contributed by atoms with Gasteiger partial charge in [-0.25, -0.2) is 0 Å². The lowest BCUT2D eigenvalue weighted by Crippen LogP contribution is -1.93. The molecule has 4 nitrogen and oxygen atoms in total. The molecule has 4 heteroatoms. The summed E-state index contributed by atoms with van der Waals surface area (Å²) < 4.78 is 5.07. The molecule has 1 aromatic heterocycles. The van der Waals surface area contributed by atoms with Gasteiger partial charge in [0.2, 0.25) is 0 Å². The van der Waals surface area contributed by atoms with Gasteiger partial charge in [0.15, 0.2) is 6.29 Å². The Hall–Kier alpha value is -1.97. The molecule has 2 aromatic rings. The lowest BCUT2D eigenvalue weighted by molar-refractivity contribution is 0.112. The number of H-pyrrole nitrogens is 1. The van der Waals surface area contributed by atoms with E-state index in [9.17, 15) is 4.79 Å². The van der Waals surface area contributed by atoms with E-state index in [0.717, 1.165) is 17.2 Å². The highest BCUT2D eigenvalue weighted by Gasteiger charge is 2.09. The normalized spacial score (nSPS) is 10.4.